The lowest BCUT2D eigenvalue weighted by molar-refractivity contribution is 0.102. The quantitative estimate of drug-likeness (QED) is 0.481. The van der Waals surface area contributed by atoms with Crippen LogP contribution in [0.3, 0.4) is 0 Å². The van der Waals surface area contributed by atoms with Crippen molar-refractivity contribution < 1.29 is 9.32 Å². The minimum atomic E-state index is -0.255. The first-order chi connectivity index (χ1) is 13.6. The Balaban J connectivity index is 1.59. The zero-order valence-electron chi connectivity index (χ0n) is 14.8. The van der Waals surface area contributed by atoms with E-state index in [1.54, 1.807) is 24.3 Å². The van der Waals surface area contributed by atoms with Gasteiger partial charge in [-0.2, -0.15) is 4.98 Å². The van der Waals surface area contributed by atoms with E-state index < -0.39 is 0 Å². The van der Waals surface area contributed by atoms with E-state index in [1.165, 1.54) is 11.3 Å². The van der Waals surface area contributed by atoms with Crippen molar-refractivity contribution in [3.05, 3.63) is 70.9 Å². The van der Waals surface area contributed by atoms with E-state index in [9.17, 15) is 4.79 Å². The van der Waals surface area contributed by atoms with Crippen molar-refractivity contribution in [1.82, 2.24) is 15.1 Å². The Kier molecular flexibility index (Phi) is 5.18. The molecular weight excluding hydrogens is 396 g/mol. The minimum absolute atomic E-state index is 0.255. The smallest absolute Gasteiger partial charge is 0.270 e. The lowest BCUT2D eigenvalue weighted by Crippen LogP contribution is -2.11. The van der Waals surface area contributed by atoms with Crippen LogP contribution in [-0.2, 0) is 6.42 Å². The van der Waals surface area contributed by atoms with Crippen LogP contribution in [0.2, 0.25) is 5.02 Å². The van der Waals surface area contributed by atoms with Crippen molar-refractivity contribution in [2.45, 2.75) is 13.3 Å². The topological polar surface area (TPSA) is 80.9 Å². The monoisotopic (exact) mass is 410 g/mol. The number of hydrogen-bond acceptors (Lipinski definition) is 6. The number of halogens is 1. The number of nitrogens with one attached hydrogen (secondary N) is 1. The normalized spacial score (nSPS) is 10.8. The number of anilines is 1. The number of benzene rings is 2. The van der Waals surface area contributed by atoms with Crippen molar-refractivity contribution in [2.75, 3.05) is 5.32 Å². The van der Waals surface area contributed by atoms with E-state index in [0.717, 1.165) is 16.1 Å². The van der Waals surface area contributed by atoms with E-state index in [4.69, 9.17) is 16.1 Å². The van der Waals surface area contributed by atoms with E-state index in [-0.39, 0.29) is 5.91 Å². The fraction of sp³-hybridized carbons (Fsp3) is 0.100. The first-order valence-electron chi connectivity index (χ1n) is 8.60. The van der Waals surface area contributed by atoms with Gasteiger partial charge in [0.15, 0.2) is 5.13 Å². The first kappa shape index (κ1) is 18.3. The minimum Gasteiger partial charge on any atom is -0.333 e. The van der Waals surface area contributed by atoms with Gasteiger partial charge >= 0.3 is 0 Å². The van der Waals surface area contributed by atoms with Crippen molar-refractivity contribution in [3.63, 3.8) is 0 Å². The highest BCUT2D eigenvalue weighted by atomic mass is 35.5. The van der Waals surface area contributed by atoms with Gasteiger partial charge in [0.05, 0.1) is 5.69 Å². The van der Waals surface area contributed by atoms with Crippen molar-refractivity contribution in [1.29, 1.82) is 0 Å². The van der Waals surface area contributed by atoms with Crippen LogP contribution in [-0.4, -0.2) is 21.0 Å². The molecule has 1 N–H and O–H groups in total. The van der Waals surface area contributed by atoms with Gasteiger partial charge in [0, 0.05) is 16.1 Å². The molecule has 28 heavy (non-hydrogen) atoms. The second-order valence-electron chi connectivity index (χ2n) is 5.90. The molecule has 140 valence electrons. The summed E-state index contributed by atoms with van der Waals surface area (Å²) in [7, 11) is 0. The van der Waals surface area contributed by atoms with Gasteiger partial charge in [-0.05, 0) is 30.7 Å². The zero-order valence-corrected chi connectivity index (χ0v) is 16.4. The average molecular weight is 411 g/mol. The van der Waals surface area contributed by atoms with Gasteiger partial charge in [-0.1, -0.05) is 65.3 Å². The summed E-state index contributed by atoms with van der Waals surface area (Å²) in [4.78, 5) is 22.2. The predicted molar refractivity (Wildman–Crippen MR) is 110 cm³/mol. The standard InChI is InChI=1S/C20H15ClN4O2S/c1-2-15-16(19-23-17(25-27-19)12-6-4-3-5-7-12)28-20(22-15)24-18(26)13-8-10-14(21)11-9-13/h3-11H,2H2,1H3,(H,22,24,26). The van der Waals surface area contributed by atoms with Crippen LogP contribution in [0.25, 0.3) is 22.2 Å². The fourth-order valence-corrected chi connectivity index (χ4v) is 3.70. The fourth-order valence-electron chi connectivity index (χ4n) is 2.60. The molecule has 0 aliphatic carbocycles. The van der Waals surface area contributed by atoms with Crippen LogP contribution in [0.1, 0.15) is 23.0 Å². The second-order valence-corrected chi connectivity index (χ2v) is 7.33. The van der Waals surface area contributed by atoms with Crippen LogP contribution in [0, 0.1) is 0 Å². The first-order valence-corrected chi connectivity index (χ1v) is 9.79. The number of hydrogen-bond donors (Lipinski definition) is 1. The Morgan fingerprint density at radius 1 is 1.11 bits per heavy atom. The van der Waals surface area contributed by atoms with Crippen LogP contribution in [0.15, 0.2) is 59.1 Å². The second kappa shape index (κ2) is 7.92. The molecule has 8 heteroatoms. The largest absolute Gasteiger partial charge is 0.333 e. The molecular formula is C20H15ClN4O2S. The number of thiazole rings is 1. The van der Waals surface area contributed by atoms with Crippen LogP contribution in [0.4, 0.5) is 5.13 Å². The Labute approximate surface area is 170 Å². The number of aromatic nitrogens is 3. The predicted octanol–water partition coefficient (Wildman–Crippen LogP) is 5.33. The summed E-state index contributed by atoms with van der Waals surface area (Å²) < 4.78 is 5.45. The molecule has 2 aromatic heterocycles. The average Bonchev–Trinajstić information content (AvgIpc) is 3.36. The Bertz CT molecular complexity index is 1110. The molecule has 0 atom stereocenters. The summed E-state index contributed by atoms with van der Waals surface area (Å²) in [6, 6.07) is 16.3. The van der Waals surface area contributed by atoms with Crippen LogP contribution < -0.4 is 5.32 Å². The maximum Gasteiger partial charge on any atom is 0.270 e. The van der Waals surface area contributed by atoms with E-state index in [2.05, 4.69) is 20.4 Å². The third-order valence-electron chi connectivity index (χ3n) is 4.01. The van der Waals surface area contributed by atoms with Crippen LogP contribution >= 0.6 is 22.9 Å². The molecule has 4 rings (SSSR count). The third-order valence-corrected chi connectivity index (χ3v) is 5.26. The van der Waals surface area contributed by atoms with Gasteiger partial charge in [-0.3, -0.25) is 10.1 Å². The summed E-state index contributed by atoms with van der Waals surface area (Å²) in [5.41, 5.74) is 2.17. The number of carbonyl (C=O) groups excluding carboxylic acids is 1. The third kappa shape index (κ3) is 3.81. The maximum absolute atomic E-state index is 12.4. The molecule has 0 aliphatic heterocycles. The van der Waals surface area contributed by atoms with E-state index in [0.29, 0.717) is 33.9 Å². The van der Waals surface area contributed by atoms with E-state index in [1.807, 2.05) is 37.3 Å². The molecule has 0 saturated heterocycles. The number of aryl methyl sites for hydroxylation is 1. The SMILES string of the molecule is CCc1nc(NC(=O)c2ccc(Cl)cc2)sc1-c1nc(-c2ccccc2)no1. The summed E-state index contributed by atoms with van der Waals surface area (Å²) in [5.74, 6) is 0.646. The molecule has 0 aliphatic rings. The van der Waals surface area contributed by atoms with Crippen molar-refractivity contribution >= 4 is 34.0 Å². The molecule has 0 radical (unpaired) electrons. The van der Waals surface area contributed by atoms with Gasteiger partial charge in [0.1, 0.15) is 4.88 Å². The number of rotatable bonds is 5. The molecule has 1 amide bonds. The summed E-state index contributed by atoms with van der Waals surface area (Å²) in [6.45, 7) is 1.98. The highest BCUT2D eigenvalue weighted by Crippen LogP contribution is 2.33. The molecule has 0 spiro atoms. The maximum atomic E-state index is 12.4. The molecule has 0 unspecified atom stereocenters. The summed E-state index contributed by atoms with van der Waals surface area (Å²) >= 11 is 7.17. The zero-order chi connectivity index (χ0) is 19.5. The van der Waals surface area contributed by atoms with E-state index >= 15 is 0 Å². The van der Waals surface area contributed by atoms with Gasteiger partial charge in [0.25, 0.3) is 11.8 Å². The Morgan fingerprint density at radius 3 is 2.57 bits per heavy atom. The molecule has 4 aromatic rings. The van der Waals surface area contributed by atoms with Gasteiger partial charge in [-0.25, -0.2) is 4.98 Å². The number of amides is 1. The molecule has 0 bridgehead atoms. The van der Waals surface area contributed by atoms with Crippen LogP contribution in [0.5, 0.6) is 0 Å². The summed E-state index contributed by atoms with van der Waals surface area (Å²) in [5, 5.41) is 7.93. The molecule has 6 nitrogen and oxygen atoms in total. The summed E-state index contributed by atoms with van der Waals surface area (Å²) in [6.07, 6.45) is 0.672. The molecule has 2 heterocycles. The number of carbonyl (C=O) groups is 1. The highest BCUT2D eigenvalue weighted by Gasteiger charge is 2.20. The van der Waals surface area contributed by atoms with Crippen molar-refractivity contribution in [3.8, 4) is 22.2 Å². The highest BCUT2D eigenvalue weighted by molar-refractivity contribution is 7.19. The molecule has 0 fully saturated rings. The Morgan fingerprint density at radius 2 is 1.86 bits per heavy atom. The molecule has 2 aromatic carbocycles. The van der Waals surface area contributed by atoms with Gasteiger partial charge in [-0.15, -0.1) is 0 Å². The lowest BCUT2D eigenvalue weighted by atomic mass is 10.2. The number of nitrogens with zero attached hydrogens (tertiary/aromatic N) is 3. The lowest BCUT2D eigenvalue weighted by Gasteiger charge is -2.01. The molecule has 0 saturated carbocycles. The van der Waals surface area contributed by atoms with Crippen molar-refractivity contribution in [2.24, 2.45) is 0 Å². The van der Waals surface area contributed by atoms with Gasteiger partial charge in [0.2, 0.25) is 5.82 Å². The van der Waals surface area contributed by atoms with Gasteiger partial charge < -0.3 is 4.52 Å². The Hall–Kier alpha value is -3.03.